The largest absolute Gasteiger partial charge is 0.456 e. The van der Waals surface area contributed by atoms with Crippen LogP contribution in [0.5, 0.6) is 5.75 Å². The first kappa shape index (κ1) is 15.2. The number of nitrogens with zero attached hydrogens (tertiary/aromatic N) is 2. The van der Waals surface area contributed by atoms with Crippen LogP contribution in [0.4, 0.5) is 5.82 Å². The minimum atomic E-state index is -0.440. The van der Waals surface area contributed by atoms with Crippen molar-refractivity contribution in [3.8, 4) is 5.75 Å². The van der Waals surface area contributed by atoms with Crippen molar-refractivity contribution >= 4 is 33.7 Å². The van der Waals surface area contributed by atoms with Crippen LogP contribution in [0, 0.1) is 0 Å². The summed E-state index contributed by atoms with van der Waals surface area (Å²) in [5.74, 6) is 0.813. The summed E-state index contributed by atoms with van der Waals surface area (Å²) in [5.41, 5.74) is 1.98. The van der Waals surface area contributed by atoms with E-state index in [-0.39, 0.29) is 0 Å². The van der Waals surface area contributed by atoms with E-state index in [2.05, 4.69) is 4.98 Å². The van der Waals surface area contributed by atoms with E-state index in [1.54, 1.807) is 18.2 Å². The number of anilines is 1. The Morgan fingerprint density at radius 3 is 2.56 bits per heavy atom. The Morgan fingerprint density at radius 1 is 1.00 bits per heavy atom. The van der Waals surface area contributed by atoms with Crippen LogP contribution < -0.4 is 9.64 Å². The molecule has 0 N–H and O–H groups in total. The van der Waals surface area contributed by atoms with E-state index in [9.17, 15) is 4.79 Å². The van der Waals surface area contributed by atoms with Crippen molar-refractivity contribution in [3.63, 3.8) is 0 Å². The Bertz CT molecular complexity index is 1070. The lowest BCUT2D eigenvalue weighted by Gasteiger charge is -2.11. The molecule has 0 atom stereocenters. The molecule has 0 spiro atoms. The molecule has 0 saturated carbocycles. The lowest BCUT2D eigenvalue weighted by Crippen LogP contribution is -2.12. The Balaban J connectivity index is 1.63. The molecule has 124 valence electrons. The summed E-state index contributed by atoms with van der Waals surface area (Å²) in [6.07, 6.45) is 1.52. The topological polar surface area (TPSA) is 55.6 Å². The molecule has 0 radical (unpaired) electrons. The van der Waals surface area contributed by atoms with Gasteiger partial charge in [-0.2, -0.15) is 0 Å². The molecular weight excluding hydrogens is 316 g/mol. The highest BCUT2D eigenvalue weighted by Crippen LogP contribution is 2.31. The van der Waals surface area contributed by atoms with Gasteiger partial charge in [0.15, 0.2) is 0 Å². The second-order valence-electron chi connectivity index (χ2n) is 5.95. The normalized spacial score (nSPS) is 11.0. The molecule has 0 bridgehead atoms. The van der Waals surface area contributed by atoms with E-state index in [0.29, 0.717) is 11.3 Å². The van der Waals surface area contributed by atoms with Crippen molar-refractivity contribution in [3.05, 3.63) is 66.4 Å². The monoisotopic (exact) mass is 332 g/mol. The van der Waals surface area contributed by atoms with Crippen molar-refractivity contribution in [1.82, 2.24) is 4.98 Å². The first-order valence-electron chi connectivity index (χ1n) is 7.89. The number of hydrogen-bond acceptors (Lipinski definition) is 5. The maximum absolute atomic E-state index is 12.3. The number of rotatable bonds is 3. The number of carbonyl (C=O) groups excluding carboxylic acids is 1. The van der Waals surface area contributed by atoms with Crippen LogP contribution in [-0.4, -0.2) is 25.0 Å². The Hall–Kier alpha value is -3.34. The first-order chi connectivity index (χ1) is 12.1. The fraction of sp³-hybridized carbons (Fsp3) is 0.100. The van der Waals surface area contributed by atoms with Crippen LogP contribution in [0.25, 0.3) is 21.9 Å². The van der Waals surface area contributed by atoms with Crippen LogP contribution in [0.1, 0.15) is 10.4 Å². The minimum absolute atomic E-state index is 0.405. The van der Waals surface area contributed by atoms with E-state index in [4.69, 9.17) is 9.15 Å². The highest BCUT2D eigenvalue weighted by Gasteiger charge is 2.12. The average molecular weight is 332 g/mol. The molecule has 0 fully saturated rings. The predicted molar refractivity (Wildman–Crippen MR) is 97.2 cm³/mol. The van der Waals surface area contributed by atoms with Crippen molar-refractivity contribution in [2.45, 2.75) is 0 Å². The summed E-state index contributed by atoms with van der Waals surface area (Å²) in [6, 6.07) is 16.6. The van der Waals surface area contributed by atoms with Crippen LogP contribution in [-0.2, 0) is 0 Å². The van der Waals surface area contributed by atoms with E-state index in [1.807, 2.05) is 55.4 Å². The second-order valence-corrected chi connectivity index (χ2v) is 5.95. The molecule has 2 aromatic heterocycles. The van der Waals surface area contributed by atoms with Gasteiger partial charge in [-0.05, 0) is 36.4 Å². The number of fused-ring (bicyclic) bond motifs is 3. The van der Waals surface area contributed by atoms with E-state index in [1.165, 1.54) is 6.20 Å². The number of carbonyl (C=O) groups is 1. The number of hydrogen-bond donors (Lipinski definition) is 0. The summed E-state index contributed by atoms with van der Waals surface area (Å²) in [7, 11) is 3.79. The summed E-state index contributed by atoms with van der Waals surface area (Å²) >= 11 is 0. The van der Waals surface area contributed by atoms with E-state index in [0.717, 1.165) is 27.8 Å². The summed E-state index contributed by atoms with van der Waals surface area (Å²) in [4.78, 5) is 18.4. The number of para-hydroxylation sites is 1. The molecule has 2 heterocycles. The number of esters is 1. The average Bonchev–Trinajstić information content (AvgIpc) is 3.00. The smallest absolute Gasteiger partial charge is 0.345 e. The number of furan rings is 1. The Labute approximate surface area is 144 Å². The fourth-order valence-electron chi connectivity index (χ4n) is 2.71. The standard InChI is InChI=1S/C20H16N2O3/c1-22(2)19-10-7-13(12-21-19)20(23)24-14-8-9-18-16(11-14)15-5-3-4-6-17(15)25-18/h3-12H,1-2H3. The third-order valence-electron chi connectivity index (χ3n) is 4.00. The first-order valence-corrected chi connectivity index (χ1v) is 7.89. The Morgan fingerprint density at radius 2 is 1.80 bits per heavy atom. The third-order valence-corrected chi connectivity index (χ3v) is 4.00. The lowest BCUT2D eigenvalue weighted by molar-refractivity contribution is 0.0734. The van der Waals surface area contributed by atoms with Crippen molar-refractivity contribution in [1.29, 1.82) is 0 Å². The van der Waals surface area contributed by atoms with Gasteiger partial charge in [0.2, 0.25) is 0 Å². The van der Waals surface area contributed by atoms with Crippen LogP contribution in [0.2, 0.25) is 0 Å². The fourth-order valence-corrected chi connectivity index (χ4v) is 2.71. The Kier molecular flexibility index (Phi) is 3.61. The maximum Gasteiger partial charge on any atom is 0.345 e. The lowest BCUT2D eigenvalue weighted by atomic mass is 10.1. The number of pyridine rings is 1. The van der Waals surface area contributed by atoms with Crippen molar-refractivity contribution in [2.24, 2.45) is 0 Å². The highest BCUT2D eigenvalue weighted by atomic mass is 16.5. The van der Waals surface area contributed by atoms with Gasteiger partial charge in [0.1, 0.15) is 22.7 Å². The molecule has 5 heteroatoms. The molecule has 2 aromatic carbocycles. The van der Waals surface area contributed by atoms with Crippen LogP contribution in [0.3, 0.4) is 0 Å². The molecule has 0 unspecified atom stereocenters. The predicted octanol–water partition coefficient (Wildman–Crippen LogP) is 4.27. The van der Waals surface area contributed by atoms with Gasteiger partial charge in [-0.1, -0.05) is 18.2 Å². The molecule has 0 amide bonds. The minimum Gasteiger partial charge on any atom is -0.456 e. The quantitative estimate of drug-likeness (QED) is 0.414. The van der Waals surface area contributed by atoms with Gasteiger partial charge < -0.3 is 14.1 Å². The molecule has 0 aliphatic heterocycles. The van der Waals surface area contributed by atoms with Crippen LogP contribution in [0.15, 0.2) is 65.2 Å². The van der Waals surface area contributed by atoms with Gasteiger partial charge in [0.25, 0.3) is 0 Å². The molecule has 25 heavy (non-hydrogen) atoms. The van der Waals surface area contributed by atoms with Crippen molar-refractivity contribution < 1.29 is 13.9 Å². The van der Waals surface area contributed by atoms with E-state index < -0.39 is 5.97 Å². The zero-order chi connectivity index (χ0) is 17.4. The molecule has 0 saturated heterocycles. The molecular formula is C20H16N2O3. The highest BCUT2D eigenvalue weighted by molar-refractivity contribution is 6.05. The van der Waals surface area contributed by atoms with Gasteiger partial charge in [-0.25, -0.2) is 9.78 Å². The maximum atomic E-state index is 12.3. The molecule has 4 rings (SSSR count). The SMILES string of the molecule is CN(C)c1ccc(C(=O)Oc2ccc3oc4ccccc4c3c2)cn1. The summed E-state index contributed by atoms with van der Waals surface area (Å²) in [6.45, 7) is 0. The summed E-state index contributed by atoms with van der Waals surface area (Å²) in [5, 5.41) is 1.91. The molecule has 0 aliphatic carbocycles. The number of benzene rings is 2. The van der Waals surface area contributed by atoms with Gasteiger partial charge in [0.05, 0.1) is 5.56 Å². The van der Waals surface area contributed by atoms with E-state index >= 15 is 0 Å². The molecule has 0 aliphatic rings. The zero-order valence-corrected chi connectivity index (χ0v) is 13.9. The van der Waals surface area contributed by atoms with Gasteiger partial charge in [0, 0.05) is 31.1 Å². The van der Waals surface area contributed by atoms with Gasteiger partial charge in [-0.15, -0.1) is 0 Å². The van der Waals surface area contributed by atoms with Gasteiger partial charge >= 0.3 is 5.97 Å². The third kappa shape index (κ3) is 2.80. The zero-order valence-electron chi connectivity index (χ0n) is 13.9. The molecule has 4 aromatic rings. The number of ether oxygens (including phenoxy) is 1. The second kappa shape index (κ2) is 5.94. The van der Waals surface area contributed by atoms with Crippen LogP contribution >= 0.6 is 0 Å². The van der Waals surface area contributed by atoms with Gasteiger partial charge in [-0.3, -0.25) is 0 Å². The summed E-state index contributed by atoms with van der Waals surface area (Å²) < 4.78 is 11.3. The number of aromatic nitrogens is 1. The molecule has 5 nitrogen and oxygen atoms in total. The van der Waals surface area contributed by atoms with Crippen molar-refractivity contribution in [2.75, 3.05) is 19.0 Å².